The molecular weight excluding hydrogens is 156 g/mol. The lowest BCUT2D eigenvalue weighted by Crippen LogP contribution is -2.07. The van der Waals surface area contributed by atoms with Crippen LogP contribution >= 0.6 is 11.6 Å². The molecule has 0 aliphatic heterocycles. The first-order valence-corrected chi connectivity index (χ1v) is 2.99. The third-order valence-corrected chi connectivity index (χ3v) is 1.10. The van der Waals surface area contributed by atoms with Crippen LogP contribution in [0.2, 0.25) is 0 Å². The lowest BCUT2D eigenvalue weighted by atomic mass is 10.6. The van der Waals surface area contributed by atoms with Gasteiger partial charge in [0.2, 0.25) is 5.24 Å². The molecule has 0 radical (unpaired) electrons. The van der Waals surface area contributed by atoms with Gasteiger partial charge in [0.15, 0.2) is 0 Å². The Morgan fingerprint density at radius 2 is 2.50 bits per heavy atom. The highest BCUT2D eigenvalue weighted by atomic mass is 35.5. The Morgan fingerprint density at radius 1 is 1.80 bits per heavy atom. The van der Waals surface area contributed by atoms with E-state index in [0.29, 0.717) is 5.82 Å². The molecular formula is C4H5ClN4O. The minimum Gasteiger partial charge on any atom is -0.279 e. The fraction of sp³-hybridized carbons (Fsp3) is 0.500. The van der Waals surface area contributed by atoms with Crippen molar-refractivity contribution in [2.45, 2.75) is 13.5 Å². The normalized spacial score (nSPS) is 9.80. The second kappa shape index (κ2) is 2.74. The van der Waals surface area contributed by atoms with Crippen LogP contribution in [-0.2, 0) is 11.3 Å². The van der Waals surface area contributed by atoms with E-state index in [9.17, 15) is 4.79 Å². The molecule has 0 amide bonds. The van der Waals surface area contributed by atoms with Gasteiger partial charge < -0.3 is 0 Å². The number of hydrogen-bond acceptors (Lipinski definition) is 4. The zero-order valence-electron chi connectivity index (χ0n) is 5.28. The van der Waals surface area contributed by atoms with E-state index in [1.807, 2.05) is 0 Å². The van der Waals surface area contributed by atoms with Crippen molar-refractivity contribution < 1.29 is 4.79 Å². The Labute approximate surface area is 62.0 Å². The molecule has 6 heteroatoms. The quantitative estimate of drug-likeness (QED) is 0.560. The van der Waals surface area contributed by atoms with Gasteiger partial charge in [-0.25, -0.2) is 4.68 Å². The van der Waals surface area contributed by atoms with Gasteiger partial charge in [-0.15, -0.1) is 5.10 Å². The molecule has 0 spiro atoms. The molecule has 0 saturated carbocycles. The molecule has 0 N–H and O–H groups in total. The second-order valence-corrected chi connectivity index (χ2v) is 2.16. The first kappa shape index (κ1) is 7.14. The van der Waals surface area contributed by atoms with Gasteiger partial charge in [-0.05, 0) is 29.0 Å². The SMILES string of the molecule is Cc1nnnn1CC(=O)Cl. The van der Waals surface area contributed by atoms with Crippen LogP contribution in [-0.4, -0.2) is 25.4 Å². The predicted molar refractivity (Wildman–Crippen MR) is 33.4 cm³/mol. The van der Waals surface area contributed by atoms with Crippen LogP contribution in [0.1, 0.15) is 5.82 Å². The minimum absolute atomic E-state index is 0.0282. The van der Waals surface area contributed by atoms with Crippen molar-refractivity contribution in [3.05, 3.63) is 5.82 Å². The Kier molecular flexibility index (Phi) is 1.96. The summed E-state index contributed by atoms with van der Waals surface area (Å²) in [5, 5.41) is 9.92. The van der Waals surface area contributed by atoms with Crippen molar-refractivity contribution in [2.75, 3.05) is 0 Å². The van der Waals surface area contributed by atoms with Gasteiger partial charge in [0.1, 0.15) is 12.4 Å². The fourth-order valence-electron chi connectivity index (χ4n) is 0.513. The Balaban J connectivity index is 2.74. The lowest BCUT2D eigenvalue weighted by molar-refractivity contribution is -0.112. The highest BCUT2D eigenvalue weighted by molar-refractivity contribution is 6.63. The Bertz CT molecular complexity index is 245. The maximum Gasteiger partial charge on any atom is 0.243 e. The molecule has 0 aliphatic rings. The van der Waals surface area contributed by atoms with E-state index in [0.717, 1.165) is 0 Å². The van der Waals surface area contributed by atoms with Gasteiger partial charge in [0, 0.05) is 0 Å². The molecule has 0 bridgehead atoms. The first-order chi connectivity index (χ1) is 4.70. The molecule has 1 heterocycles. The summed E-state index contributed by atoms with van der Waals surface area (Å²) in [7, 11) is 0. The summed E-state index contributed by atoms with van der Waals surface area (Å²) in [4.78, 5) is 10.3. The lowest BCUT2D eigenvalue weighted by Gasteiger charge is -1.92. The molecule has 5 nitrogen and oxygen atoms in total. The number of aryl methyl sites for hydroxylation is 1. The highest BCUT2D eigenvalue weighted by Crippen LogP contribution is 1.90. The topological polar surface area (TPSA) is 60.7 Å². The smallest absolute Gasteiger partial charge is 0.243 e. The highest BCUT2D eigenvalue weighted by Gasteiger charge is 2.02. The zero-order chi connectivity index (χ0) is 7.56. The summed E-state index contributed by atoms with van der Waals surface area (Å²) in [5.41, 5.74) is 0. The fourth-order valence-corrected chi connectivity index (χ4v) is 0.626. The maximum absolute atomic E-state index is 10.3. The van der Waals surface area contributed by atoms with Gasteiger partial charge in [0.05, 0.1) is 0 Å². The van der Waals surface area contributed by atoms with Crippen molar-refractivity contribution in [1.29, 1.82) is 0 Å². The van der Waals surface area contributed by atoms with Gasteiger partial charge in [-0.1, -0.05) is 0 Å². The molecule has 0 aromatic carbocycles. The van der Waals surface area contributed by atoms with Gasteiger partial charge in [-0.2, -0.15) is 0 Å². The van der Waals surface area contributed by atoms with E-state index < -0.39 is 5.24 Å². The summed E-state index contributed by atoms with van der Waals surface area (Å²) in [6.07, 6.45) is 0. The van der Waals surface area contributed by atoms with Crippen LogP contribution in [0, 0.1) is 6.92 Å². The average Bonchev–Trinajstić information content (AvgIpc) is 2.15. The summed E-state index contributed by atoms with van der Waals surface area (Å²) in [6, 6.07) is 0. The molecule has 0 saturated heterocycles. The van der Waals surface area contributed by atoms with E-state index >= 15 is 0 Å². The van der Waals surface area contributed by atoms with Gasteiger partial charge >= 0.3 is 0 Å². The molecule has 0 fully saturated rings. The van der Waals surface area contributed by atoms with Crippen LogP contribution < -0.4 is 0 Å². The van der Waals surface area contributed by atoms with E-state index in [1.54, 1.807) is 6.92 Å². The van der Waals surface area contributed by atoms with Crippen LogP contribution in [0.5, 0.6) is 0 Å². The number of nitrogens with zero attached hydrogens (tertiary/aromatic N) is 4. The van der Waals surface area contributed by atoms with E-state index in [1.165, 1.54) is 4.68 Å². The average molecular weight is 161 g/mol. The van der Waals surface area contributed by atoms with Crippen molar-refractivity contribution in [3.63, 3.8) is 0 Å². The van der Waals surface area contributed by atoms with Gasteiger partial charge in [-0.3, -0.25) is 4.79 Å². The number of aromatic nitrogens is 4. The number of carbonyl (C=O) groups excluding carboxylic acids is 1. The summed E-state index contributed by atoms with van der Waals surface area (Å²) in [6.45, 7) is 1.72. The summed E-state index contributed by atoms with van der Waals surface area (Å²) < 4.78 is 1.33. The molecule has 0 unspecified atom stereocenters. The Morgan fingerprint density at radius 3 is 2.90 bits per heavy atom. The van der Waals surface area contributed by atoms with Crippen LogP contribution in [0.25, 0.3) is 0 Å². The number of halogens is 1. The predicted octanol–water partition coefficient (Wildman–Crippen LogP) is -0.253. The monoisotopic (exact) mass is 160 g/mol. The first-order valence-electron chi connectivity index (χ1n) is 2.61. The van der Waals surface area contributed by atoms with Crippen molar-refractivity contribution in [3.8, 4) is 0 Å². The maximum atomic E-state index is 10.3. The van der Waals surface area contributed by atoms with Gasteiger partial charge in [0.25, 0.3) is 0 Å². The molecule has 1 aromatic rings. The molecule has 1 rings (SSSR count). The van der Waals surface area contributed by atoms with E-state index in [4.69, 9.17) is 11.6 Å². The van der Waals surface area contributed by atoms with Crippen molar-refractivity contribution >= 4 is 16.8 Å². The van der Waals surface area contributed by atoms with Crippen molar-refractivity contribution in [1.82, 2.24) is 20.2 Å². The van der Waals surface area contributed by atoms with Crippen molar-refractivity contribution in [2.24, 2.45) is 0 Å². The Hall–Kier alpha value is -0.970. The minimum atomic E-state index is -0.476. The van der Waals surface area contributed by atoms with E-state index in [2.05, 4.69) is 15.5 Å². The summed E-state index contributed by atoms with van der Waals surface area (Å²) >= 11 is 5.09. The molecule has 54 valence electrons. The zero-order valence-corrected chi connectivity index (χ0v) is 6.04. The van der Waals surface area contributed by atoms with Crippen LogP contribution in [0.4, 0.5) is 0 Å². The number of carbonyl (C=O) groups is 1. The number of tetrazole rings is 1. The molecule has 10 heavy (non-hydrogen) atoms. The third kappa shape index (κ3) is 1.51. The van der Waals surface area contributed by atoms with Crippen LogP contribution in [0.3, 0.4) is 0 Å². The van der Waals surface area contributed by atoms with E-state index in [-0.39, 0.29) is 6.54 Å². The molecule has 1 aromatic heterocycles. The molecule has 0 aliphatic carbocycles. The third-order valence-electron chi connectivity index (χ3n) is 0.985. The number of hydrogen-bond donors (Lipinski definition) is 0. The molecule has 0 atom stereocenters. The largest absolute Gasteiger partial charge is 0.279 e. The second-order valence-electron chi connectivity index (χ2n) is 1.74. The number of rotatable bonds is 2. The summed E-state index contributed by atoms with van der Waals surface area (Å²) in [5.74, 6) is 0.578. The standard InChI is InChI=1S/C4H5ClN4O/c1-3-6-7-8-9(3)2-4(5)10/h2H2,1H3. The van der Waals surface area contributed by atoms with Crippen LogP contribution in [0.15, 0.2) is 0 Å².